The number of esters is 1. The molecule has 0 amide bonds. The van der Waals surface area contributed by atoms with Crippen molar-refractivity contribution >= 4 is 18.6 Å². The second kappa shape index (κ2) is 9.87. The van der Waals surface area contributed by atoms with E-state index in [9.17, 15) is 4.79 Å². The van der Waals surface area contributed by atoms with Gasteiger partial charge in [-0.05, 0) is 75.4 Å². The summed E-state index contributed by atoms with van der Waals surface area (Å²) in [6.45, 7) is 13.9. The quantitative estimate of drug-likeness (QED) is 0.458. The zero-order valence-electron chi connectivity index (χ0n) is 20.4. The summed E-state index contributed by atoms with van der Waals surface area (Å²) in [5, 5.41) is 0. The Morgan fingerprint density at radius 1 is 0.967 bits per heavy atom. The first-order chi connectivity index (χ1) is 14.1. The third kappa shape index (κ3) is 5.11. The Labute approximate surface area is 184 Å². The second-order valence-electron chi connectivity index (χ2n) is 9.54. The van der Waals surface area contributed by atoms with Crippen molar-refractivity contribution < 1.29 is 18.8 Å². The number of carbonyl (C=O) groups is 1. The Morgan fingerprint density at radius 3 is 2.00 bits per heavy atom. The van der Waals surface area contributed by atoms with Crippen molar-refractivity contribution in [1.29, 1.82) is 0 Å². The highest BCUT2D eigenvalue weighted by atomic mass is 16.7. The molecule has 2 aliphatic carbocycles. The molecule has 1 aliphatic heterocycles. The predicted octanol–water partition coefficient (Wildman–Crippen LogP) is 5.34. The highest BCUT2D eigenvalue weighted by molar-refractivity contribution is 6.62. The lowest BCUT2D eigenvalue weighted by atomic mass is 9.69. The van der Waals surface area contributed by atoms with E-state index in [0.29, 0.717) is 5.41 Å². The lowest BCUT2D eigenvalue weighted by Gasteiger charge is -2.34. The number of hydrogen-bond acceptors (Lipinski definition) is 4. The molecule has 1 aromatic carbocycles. The summed E-state index contributed by atoms with van der Waals surface area (Å²) in [6, 6.07) is 7.00. The summed E-state index contributed by atoms with van der Waals surface area (Å²) in [4.78, 5) is 9.59. The van der Waals surface area contributed by atoms with Gasteiger partial charge < -0.3 is 14.0 Å². The monoisotopic (exact) mass is 416 g/mol. The third-order valence-electron chi connectivity index (χ3n) is 7.20. The molecule has 1 saturated heterocycles. The van der Waals surface area contributed by atoms with Crippen LogP contribution >= 0.6 is 0 Å². The van der Waals surface area contributed by atoms with Crippen LogP contribution in [0.25, 0.3) is 0 Å². The summed E-state index contributed by atoms with van der Waals surface area (Å²) >= 11 is 0. The predicted molar refractivity (Wildman–Crippen MR) is 124 cm³/mol. The molecule has 0 radical (unpaired) electrons. The Bertz CT molecular complexity index is 704. The molecule has 1 saturated carbocycles. The molecule has 1 heterocycles. The molecule has 3 aliphatic rings. The van der Waals surface area contributed by atoms with Gasteiger partial charge in [0.05, 0.1) is 18.3 Å². The number of methoxy groups -OCH3 is 1. The van der Waals surface area contributed by atoms with E-state index in [0.717, 1.165) is 0 Å². The smallest absolute Gasteiger partial charge is 0.469 e. The van der Waals surface area contributed by atoms with Crippen molar-refractivity contribution in [3.05, 3.63) is 29.3 Å². The summed E-state index contributed by atoms with van der Waals surface area (Å²) in [7, 11) is 1.12. The molecule has 168 valence electrons. The van der Waals surface area contributed by atoms with Gasteiger partial charge in [-0.2, -0.15) is 0 Å². The largest absolute Gasteiger partial charge is 0.494 e. The van der Waals surface area contributed by atoms with Gasteiger partial charge in [-0.25, -0.2) is 0 Å². The van der Waals surface area contributed by atoms with Crippen LogP contribution in [0, 0.1) is 0 Å². The maximum Gasteiger partial charge on any atom is 0.494 e. The molecule has 0 unspecified atom stereocenters. The molecule has 0 bridgehead atoms. The maximum atomic E-state index is 9.59. The van der Waals surface area contributed by atoms with Crippen LogP contribution in [0.3, 0.4) is 0 Å². The van der Waals surface area contributed by atoms with Crippen LogP contribution in [-0.4, -0.2) is 31.4 Å². The molecule has 2 fully saturated rings. The van der Waals surface area contributed by atoms with Crippen molar-refractivity contribution in [3.63, 3.8) is 0 Å². The van der Waals surface area contributed by atoms with Crippen LogP contribution in [0.1, 0.15) is 98.1 Å². The van der Waals surface area contributed by atoms with Crippen molar-refractivity contribution in [1.82, 2.24) is 0 Å². The van der Waals surface area contributed by atoms with Crippen molar-refractivity contribution in [2.75, 3.05) is 7.11 Å². The van der Waals surface area contributed by atoms with Crippen LogP contribution in [0.2, 0.25) is 0 Å². The van der Waals surface area contributed by atoms with Crippen LogP contribution in [0.4, 0.5) is 0 Å². The van der Waals surface area contributed by atoms with Crippen LogP contribution in [-0.2, 0) is 30.7 Å². The van der Waals surface area contributed by atoms with Crippen molar-refractivity contribution in [3.8, 4) is 0 Å². The summed E-state index contributed by atoms with van der Waals surface area (Å²) < 4.78 is 16.6. The molecule has 0 N–H and O–H groups in total. The fraction of sp³-hybridized carbons (Fsp3) is 0.720. The van der Waals surface area contributed by atoms with Gasteiger partial charge in [0.15, 0.2) is 0 Å². The lowest BCUT2D eigenvalue weighted by molar-refractivity contribution is -0.137. The van der Waals surface area contributed by atoms with E-state index in [1.54, 1.807) is 11.1 Å². The van der Waals surface area contributed by atoms with Gasteiger partial charge in [0.1, 0.15) is 0 Å². The number of aryl methyl sites for hydroxylation is 1. The SMILES string of the molecule is CC.CC1(C)OB(c2ccc3c(c2)CCC32CCCCC2)OC1(C)C.COC(C)=O. The average Bonchev–Trinajstić information content (AvgIpc) is 3.17. The van der Waals surface area contributed by atoms with Crippen LogP contribution < -0.4 is 5.46 Å². The minimum absolute atomic E-state index is 0.229. The lowest BCUT2D eigenvalue weighted by Crippen LogP contribution is -2.41. The van der Waals surface area contributed by atoms with Crippen molar-refractivity contribution in [2.24, 2.45) is 0 Å². The van der Waals surface area contributed by atoms with Gasteiger partial charge >= 0.3 is 13.1 Å². The van der Waals surface area contributed by atoms with Gasteiger partial charge in [0.2, 0.25) is 0 Å². The van der Waals surface area contributed by atoms with E-state index in [4.69, 9.17) is 9.31 Å². The average molecular weight is 416 g/mol. The normalized spacial score (nSPS) is 22.3. The number of rotatable bonds is 1. The van der Waals surface area contributed by atoms with Crippen molar-refractivity contribution in [2.45, 2.75) is 110 Å². The van der Waals surface area contributed by atoms with Gasteiger partial charge in [0, 0.05) is 6.92 Å². The van der Waals surface area contributed by atoms with E-state index in [1.165, 1.54) is 64.4 Å². The van der Waals surface area contributed by atoms with Gasteiger partial charge in [-0.15, -0.1) is 0 Å². The Morgan fingerprint density at radius 2 is 1.50 bits per heavy atom. The van der Waals surface area contributed by atoms with E-state index >= 15 is 0 Å². The Kier molecular flexibility index (Phi) is 8.20. The number of ether oxygens (including phenoxy) is 1. The third-order valence-corrected chi connectivity index (χ3v) is 7.20. The van der Waals surface area contributed by atoms with Gasteiger partial charge in [0.25, 0.3) is 0 Å². The van der Waals surface area contributed by atoms with Gasteiger partial charge in [-0.1, -0.05) is 51.3 Å². The first-order valence-electron chi connectivity index (χ1n) is 11.6. The summed E-state index contributed by atoms with van der Waals surface area (Å²) in [5.74, 6) is -0.245. The number of fused-ring (bicyclic) bond motifs is 2. The van der Waals surface area contributed by atoms with Crippen LogP contribution in [0.15, 0.2) is 18.2 Å². The summed E-state index contributed by atoms with van der Waals surface area (Å²) in [5.41, 5.74) is 4.32. The summed E-state index contributed by atoms with van der Waals surface area (Å²) in [6.07, 6.45) is 9.56. The minimum atomic E-state index is -0.263. The standard InChI is InChI=1S/C20H29BO2.C3H6O2.C2H6/c1-18(2)19(3,4)23-21(22-18)16-8-9-17-15(14-16)10-13-20(17)11-6-5-7-12-20;1-3(4)5-2;1-2/h8-9,14H,5-7,10-13H2,1-4H3;1-2H3;1-2H3. The number of carbonyl (C=O) groups excluding carboxylic acids is 1. The molecular formula is C25H41BO4. The Balaban J connectivity index is 0.000000404. The molecular weight excluding hydrogens is 375 g/mol. The first kappa shape index (κ1) is 24.9. The van der Waals surface area contributed by atoms with E-state index in [2.05, 4.69) is 50.6 Å². The highest BCUT2D eigenvalue weighted by Gasteiger charge is 2.52. The fourth-order valence-electron chi connectivity index (χ4n) is 4.72. The number of hydrogen-bond donors (Lipinski definition) is 0. The van der Waals surface area contributed by atoms with E-state index in [1.807, 2.05) is 13.8 Å². The highest BCUT2D eigenvalue weighted by Crippen LogP contribution is 2.48. The van der Waals surface area contributed by atoms with Gasteiger partial charge in [-0.3, -0.25) is 4.79 Å². The molecule has 1 aromatic rings. The molecule has 1 spiro atoms. The first-order valence-corrected chi connectivity index (χ1v) is 11.6. The maximum absolute atomic E-state index is 9.59. The van der Waals surface area contributed by atoms with E-state index in [-0.39, 0.29) is 24.3 Å². The molecule has 0 atom stereocenters. The zero-order chi connectivity index (χ0) is 22.6. The molecule has 4 rings (SSSR count). The topological polar surface area (TPSA) is 44.8 Å². The fourth-order valence-corrected chi connectivity index (χ4v) is 4.72. The minimum Gasteiger partial charge on any atom is -0.469 e. The molecule has 30 heavy (non-hydrogen) atoms. The zero-order valence-corrected chi connectivity index (χ0v) is 20.4. The molecule has 4 nitrogen and oxygen atoms in total. The second-order valence-corrected chi connectivity index (χ2v) is 9.54. The molecule has 0 aromatic heterocycles. The Hall–Kier alpha value is -1.33. The number of benzene rings is 1. The van der Waals surface area contributed by atoms with E-state index < -0.39 is 0 Å². The molecule has 5 heteroatoms. The van der Waals surface area contributed by atoms with Crippen LogP contribution in [0.5, 0.6) is 0 Å².